The first kappa shape index (κ1) is 11.9. The number of thiophene rings is 1. The molecule has 0 aliphatic carbocycles. The normalized spacial score (nSPS) is 10.4. The van der Waals surface area contributed by atoms with Crippen molar-refractivity contribution in [3.05, 3.63) is 55.9 Å². The Labute approximate surface area is 107 Å². The molecular weight excluding hydrogens is 260 g/mol. The van der Waals surface area contributed by atoms with Crippen molar-refractivity contribution in [2.75, 3.05) is 5.73 Å². The van der Waals surface area contributed by atoms with Gasteiger partial charge in [-0.05, 0) is 23.1 Å². The molecule has 0 radical (unpaired) electrons. The highest BCUT2D eigenvalue weighted by molar-refractivity contribution is 7.14. The number of nitro groups is 1. The zero-order chi connectivity index (χ0) is 12.4. The molecule has 0 amide bonds. The number of nitrogens with two attached hydrogens (primary N) is 1. The summed E-state index contributed by atoms with van der Waals surface area (Å²) in [4.78, 5) is 10.5. The van der Waals surface area contributed by atoms with Crippen LogP contribution in [0.3, 0.4) is 0 Å². The average molecular weight is 269 g/mol. The molecule has 0 unspecified atom stereocenters. The minimum atomic E-state index is -0.420. The van der Waals surface area contributed by atoms with Gasteiger partial charge in [0.2, 0.25) is 0 Å². The maximum atomic E-state index is 10.9. The zero-order valence-electron chi connectivity index (χ0n) is 8.72. The third-order valence-electron chi connectivity index (χ3n) is 2.35. The van der Waals surface area contributed by atoms with E-state index in [2.05, 4.69) is 0 Å². The van der Waals surface area contributed by atoms with Crippen molar-refractivity contribution in [1.82, 2.24) is 0 Å². The summed E-state index contributed by atoms with van der Waals surface area (Å²) in [7, 11) is 0. The maximum Gasteiger partial charge on any atom is 0.274 e. The number of anilines is 1. The van der Waals surface area contributed by atoms with Crippen LogP contribution in [0.4, 0.5) is 10.7 Å². The van der Waals surface area contributed by atoms with Gasteiger partial charge < -0.3 is 5.73 Å². The zero-order valence-corrected chi connectivity index (χ0v) is 10.3. The summed E-state index contributed by atoms with van der Waals surface area (Å²) in [5.41, 5.74) is 7.12. The second-order valence-corrected chi connectivity index (χ2v) is 4.88. The fraction of sp³-hybridized carbons (Fsp3) is 0.0909. The topological polar surface area (TPSA) is 69.2 Å². The standard InChI is InChI=1S/C11H9ClN2O2S/c12-9-2-1-3-10(14(15)16)8(9)4-7-5-11(13)17-6-7/h1-3,5-6H,4,13H2. The Bertz CT molecular complexity index is 568. The van der Waals surface area contributed by atoms with Crippen LogP contribution in [0.2, 0.25) is 5.02 Å². The van der Waals surface area contributed by atoms with Gasteiger partial charge in [-0.1, -0.05) is 17.7 Å². The summed E-state index contributed by atoms with van der Waals surface area (Å²) >= 11 is 7.41. The number of hydrogen-bond donors (Lipinski definition) is 1. The van der Waals surface area contributed by atoms with Gasteiger partial charge in [0.05, 0.1) is 20.5 Å². The molecule has 0 spiro atoms. The Morgan fingerprint density at radius 2 is 2.24 bits per heavy atom. The van der Waals surface area contributed by atoms with Gasteiger partial charge in [0.25, 0.3) is 5.69 Å². The molecule has 88 valence electrons. The molecule has 0 aliphatic rings. The van der Waals surface area contributed by atoms with E-state index in [0.717, 1.165) is 5.56 Å². The maximum absolute atomic E-state index is 10.9. The fourth-order valence-corrected chi connectivity index (χ4v) is 2.48. The molecule has 4 nitrogen and oxygen atoms in total. The summed E-state index contributed by atoms with van der Waals surface area (Å²) in [6.45, 7) is 0. The molecule has 1 aromatic heterocycles. The molecular formula is C11H9ClN2O2S. The monoisotopic (exact) mass is 268 g/mol. The van der Waals surface area contributed by atoms with E-state index in [9.17, 15) is 10.1 Å². The number of nitro benzene ring substituents is 1. The highest BCUT2D eigenvalue weighted by Crippen LogP contribution is 2.30. The van der Waals surface area contributed by atoms with E-state index >= 15 is 0 Å². The molecule has 0 aliphatic heterocycles. The fourth-order valence-electron chi connectivity index (χ4n) is 1.58. The van der Waals surface area contributed by atoms with E-state index < -0.39 is 4.92 Å². The molecule has 0 atom stereocenters. The molecule has 0 saturated carbocycles. The first-order valence-electron chi connectivity index (χ1n) is 4.82. The number of nitrogen functional groups attached to an aromatic ring is 1. The molecule has 0 fully saturated rings. The van der Waals surface area contributed by atoms with E-state index in [1.54, 1.807) is 18.2 Å². The molecule has 0 saturated heterocycles. The predicted octanol–water partition coefficient (Wildman–Crippen LogP) is 3.48. The lowest BCUT2D eigenvalue weighted by atomic mass is 10.1. The molecule has 1 aromatic carbocycles. The smallest absolute Gasteiger partial charge is 0.274 e. The Hall–Kier alpha value is -1.59. The van der Waals surface area contributed by atoms with Crippen LogP contribution in [0.15, 0.2) is 29.6 Å². The van der Waals surface area contributed by atoms with Crippen LogP contribution in [0.25, 0.3) is 0 Å². The summed E-state index contributed by atoms with van der Waals surface area (Å²) in [6, 6.07) is 6.49. The Morgan fingerprint density at radius 3 is 2.82 bits per heavy atom. The quantitative estimate of drug-likeness (QED) is 0.684. The number of halogens is 1. The lowest BCUT2D eigenvalue weighted by Crippen LogP contribution is -1.97. The largest absolute Gasteiger partial charge is 0.391 e. The van der Waals surface area contributed by atoms with Gasteiger partial charge in [0, 0.05) is 12.5 Å². The number of hydrogen-bond acceptors (Lipinski definition) is 4. The molecule has 2 N–H and O–H groups in total. The van der Waals surface area contributed by atoms with Crippen molar-refractivity contribution in [3.63, 3.8) is 0 Å². The molecule has 0 bridgehead atoms. The van der Waals surface area contributed by atoms with Gasteiger partial charge in [-0.2, -0.15) is 0 Å². The van der Waals surface area contributed by atoms with Gasteiger partial charge in [-0.3, -0.25) is 10.1 Å². The molecule has 6 heteroatoms. The SMILES string of the molecule is Nc1cc(Cc2c(Cl)cccc2[N+](=O)[O-])cs1. The first-order valence-corrected chi connectivity index (χ1v) is 6.08. The Morgan fingerprint density at radius 1 is 1.47 bits per heavy atom. The Kier molecular flexibility index (Phi) is 3.31. The van der Waals surface area contributed by atoms with E-state index in [-0.39, 0.29) is 5.69 Å². The predicted molar refractivity (Wildman–Crippen MR) is 69.6 cm³/mol. The summed E-state index contributed by atoms with van der Waals surface area (Å²) < 4.78 is 0. The first-order chi connectivity index (χ1) is 8.08. The highest BCUT2D eigenvalue weighted by atomic mass is 35.5. The lowest BCUT2D eigenvalue weighted by molar-refractivity contribution is -0.385. The van der Waals surface area contributed by atoms with E-state index in [4.69, 9.17) is 17.3 Å². The molecule has 17 heavy (non-hydrogen) atoms. The van der Waals surface area contributed by atoms with Crippen LogP contribution in [0.1, 0.15) is 11.1 Å². The average Bonchev–Trinajstić information content (AvgIpc) is 2.67. The molecule has 2 rings (SSSR count). The van der Waals surface area contributed by atoms with E-state index in [0.29, 0.717) is 22.0 Å². The molecule has 1 heterocycles. The van der Waals surface area contributed by atoms with Gasteiger partial charge >= 0.3 is 0 Å². The van der Waals surface area contributed by atoms with Crippen molar-refractivity contribution >= 4 is 33.6 Å². The van der Waals surface area contributed by atoms with E-state index in [1.807, 2.05) is 5.38 Å². The van der Waals surface area contributed by atoms with Gasteiger partial charge in [-0.25, -0.2) is 0 Å². The van der Waals surface area contributed by atoms with Gasteiger partial charge in [0.1, 0.15) is 0 Å². The van der Waals surface area contributed by atoms with Gasteiger partial charge in [0.15, 0.2) is 0 Å². The van der Waals surface area contributed by atoms with Crippen LogP contribution >= 0.6 is 22.9 Å². The number of benzene rings is 1. The summed E-state index contributed by atoms with van der Waals surface area (Å²) in [5, 5.41) is 13.9. The number of rotatable bonds is 3. The van der Waals surface area contributed by atoms with Crippen molar-refractivity contribution in [3.8, 4) is 0 Å². The van der Waals surface area contributed by atoms with Crippen LogP contribution in [-0.4, -0.2) is 4.92 Å². The minimum absolute atomic E-state index is 0.0438. The number of nitrogens with zero attached hydrogens (tertiary/aromatic N) is 1. The second kappa shape index (κ2) is 4.73. The lowest BCUT2D eigenvalue weighted by Gasteiger charge is -2.03. The van der Waals surface area contributed by atoms with Gasteiger partial charge in [-0.15, -0.1) is 11.3 Å². The highest BCUT2D eigenvalue weighted by Gasteiger charge is 2.17. The third kappa shape index (κ3) is 2.57. The van der Waals surface area contributed by atoms with Crippen LogP contribution in [0, 0.1) is 10.1 Å². The second-order valence-electron chi connectivity index (χ2n) is 3.53. The van der Waals surface area contributed by atoms with Crippen LogP contribution in [-0.2, 0) is 6.42 Å². The van der Waals surface area contributed by atoms with Crippen molar-refractivity contribution in [1.29, 1.82) is 0 Å². The summed E-state index contributed by atoms with van der Waals surface area (Å²) in [5.74, 6) is 0. The van der Waals surface area contributed by atoms with Crippen molar-refractivity contribution in [2.24, 2.45) is 0 Å². The third-order valence-corrected chi connectivity index (χ3v) is 3.51. The van der Waals surface area contributed by atoms with Crippen LogP contribution < -0.4 is 5.73 Å². The molecule has 2 aromatic rings. The Balaban J connectivity index is 2.40. The summed E-state index contributed by atoms with van der Waals surface area (Å²) in [6.07, 6.45) is 0.420. The van der Waals surface area contributed by atoms with Crippen molar-refractivity contribution in [2.45, 2.75) is 6.42 Å². The van der Waals surface area contributed by atoms with E-state index in [1.165, 1.54) is 17.4 Å². The van der Waals surface area contributed by atoms with Crippen LogP contribution in [0.5, 0.6) is 0 Å². The van der Waals surface area contributed by atoms with Crippen molar-refractivity contribution < 1.29 is 4.92 Å². The minimum Gasteiger partial charge on any atom is -0.391 e.